The van der Waals surface area contributed by atoms with Gasteiger partial charge in [-0.1, -0.05) is 12.1 Å². The number of piperidine rings is 1. The largest absolute Gasteiger partial charge is 0.337 e. The molecule has 2 unspecified atom stereocenters. The summed E-state index contributed by atoms with van der Waals surface area (Å²) in [5.74, 6) is 1.80. The summed E-state index contributed by atoms with van der Waals surface area (Å²) < 4.78 is 5.27. The Balaban J connectivity index is 1.80. The fraction of sp³-hybridized carbons (Fsp3) is 0.600. The van der Waals surface area contributed by atoms with E-state index in [-0.39, 0.29) is 6.04 Å². The van der Waals surface area contributed by atoms with Gasteiger partial charge >= 0.3 is 0 Å². The van der Waals surface area contributed by atoms with Gasteiger partial charge in [-0.25, -0.2) is 0 Å². The van der Waals surface area contributed by atoms with E-state index >= 15 is 0 Å². The van der Waals surface area contributed by atoms with E-state index in [1.54, 1.807) is 6.20 Å². The summed E-state index contributed by atoms with van der Waals surface area (Å²) in [6.07, 6.45) is 3.80. The van der Waals surface area contributed by atoms with Crippen LogP contribution in [0.15, 0.2) is 10.7 Å². The van der Waals surface area contributed by atoms with Gasteiger partial charge in [0.1, 0.15) is 0 Å². The molecule has 0 amide bonds. The number of H-pyrrole nitrogens is 1. The molecule has 1 aliphatic rings. The first-order valence-electron chi connectivity index (χ1n) is 5.76. The molecule has 3 rings (SSSR count). The van der Waals surface area contributed by atoms with Crippen LogP contribution in [0.1, 0.15) is 31.7 Å². The molecule has 1 saturated heterocycles. The first-order valence-corrected chi connectivity index (χ1v) is 5.76. The van der Waals surface area contributed by atoms with Crippen LogP contribution in [0.5, 0.6) is 0 Å². The predicted molar refractivity (Wildman–Crippen MR) is 58.8 cm³/mol. The van der Waals surface area contributed by atoms with Gasteiger partial charge < -0.3 is 9.84 Å². The number of aromatic nitrogens is 5. The van der Waals surface area contributed by atoms with Crippen LogP contribution in [0.25, 0.3) is 11.5 Å². The zero-order chi connectivity index (χ0) is 11.7. The minimum atomic E-state index is 0.159. The van der Waals surface area contributed by atoms with Crippen molar-refractivity contribution >= 4 is 0 Å². The van der Waals surface area contributed by atoms with Crippen LogP contribution in [0.2, 0.25) is 0 Å². The Labute approximate surface area is 98.0 Å². The molecule has 1 fully saturated rings. The fourth-order valence-electron chi connectivity index (χ4n) is 2.09. The summed E-state index contributed by atoms with van der Waals surface area (Å²) in [4.78, 5) is 4.35. The van der Waals surface area contributed by atoms with Crippen LogP contribution in [0.4, 0.5) is 0 Å². The molecule has 0 saturated carbocycles. The van der Waals surface area contributed by atoms with Gasteiger partial charge in [-0.15, -0.1) is 0 Å². The molecule has 2 aromatic heterocycles. The van der Waals surface area contributed by atoms with Crippen molar-refractivity contribution in [2.75, 3.05) is 6.54 Å². The molecule has 0 bridgehead atoms. The average Bonchev–Trinajstić information content (AvgIpc) is 3.00. The van der Waals surface area contributed by atoms with Crippen LogP contribution in [0, 0.1) is 5.92 Å². The third-order valence-electron chi connectivity index (χ3n) is 3.05. The van der Waals surface area contributed by atoms with Gasteiger partial charge in [0.2, 0.25) is 11.7 Å². The molecule has 7 nitrogen and oxygen atoms in total. The molecule has 3 heterocycles. The summed E-state index contributed by atoms with van der Waals surface area (Å²) in [5.41, 5.74) is 0.601. The predicted octanol–water partition coefficient (Wildman–Crippen LogP) is 0.915. The molecule has 0 aliphatic carbocycles. The number of nitrogens with zero attached hydrogens (tertiary/aromatic N) is 4. The van der Waals surface area contributed by atoms with Crippen LogP contribution >= 0.6 is 0 Å². The standard InChI is InChI=1S/C10H14N6O/c1-6-2-3-11-7(4-6)10-13-9(15-17-10)8-5-12-16-14-8/h5-7,11H,2-4H2,1H3,(H,12,14,16). The van der Waals surface area contributed by atoms with E-state index in [2.05, 4.69) is 37.8 Å². The van der Waals surface area contributed by atoms with Crippen molar-refractivity contribution in [2.24, 2.45) is 5.92 Å². The topological polar surface area (TPSA) is 92.5 Å². The number of rotatable bonds is 2. The van der Waals surface area contributed by atoms with E-state index in [1.165, 1.54) is 6.42 Å². The average molecular weight is 234 g/mol. The van der Waals surface area contributed by atoms with Gasteiger partial charge in [0.05, 0.1) is 12.2 Å². The maximum Gasteiger partial charge on any atom is 0.244 e. The Kier molecular flexibility index (Phi) is 2.60. The minimum absolute atomic E-state index is 0.159. The highest BCUT2D eigenvalue weighted by Crippen LogP contribution is 2.26. The maximum atomic E-state index is 5.27. The van der Waals surface area contributed by atoms with E-state index in [4.69, 9.17) is 4.52 Å². The highest BCUT2D eigenvalue weighted by molar-refractivity contribution is 5.44. The highest BCUT2D eigenvalue weighted by atomic mass is 16.5. The Hall–Kier alpha value is -1.76. The SMILES string of the molecule is CC1CCNC(c2nc(-c3cn[nH]n3)no2)C1. The normalized spacial score (nSPS) is 25.0. The van der Waals surface area contributed by atoms with Gasteiger partial charge in [-0.2, -0.15) is 20.4 Å². The van der Waals surface area contributed by atoms with Crippen molar-refractivity contribution in [1.29, 1.82) is 0 Å². The Morgan fingerprint density at radius 3 is 3.18 bits per heavy atom. The van der Waals surface area contributed by atoms with E-state index < -0.39 is 0 Å². The summed E-state index contributed by atoms with van der Waals surface area (Å²) in [5, 5.41) is 17.5. The van der Waals surface area contributed by atoms with E-state index in [9.17, 15) is 0 Å². The zero-order valence-electron chi connectivity index (χ0n) is 9.55. The van der Waals surface area contributed by atoms with Gasteiger partial charge in [-0.05, 0) is 25.3 Å². The summed E-state index contributed by atoms with van der Waals surface area (Å²) in [7, 11) is 0. The monoisotopic (exact) mass is 234 g/mol. The lowest BCUT2D eigenvalue weighted by molar-refractivity contribution is 0.260. The lowest BCUT2D eigenvalue weighted by atomic mass is 9.94. The second-order valence-electron chi connectivity index (χ2n) is 4.45. The summed E-state index contributed by atoms with van der Waals surface area (Å²) in [6.45, 7) is 3.23. The number of hydrogen-bond donors (Lipinski definition) is 2. The second kappa shape index (κ2) is 4.25. The Morgan fingerprint density at radius 1 is 1.47 bits per heavy atom. The third-order valence-corrected chi connectivity index (χ3v) is 3.05. The lowest BCUT2D eigenvalue weighted by Crippen LogP contribution is -2.30. The lowest BCUT2D eigenvalue weighted by Gasteiger charge is -2.25. The zero-order valence-corrected chi connectivity index (χ0v) is 9.55. The molecular weight excluding hydrogens is 220 g/mol. The van der Waals surface area contributed by atoms with Crippen molar-refractivity contribution in [3.05, 3.63) is 12.1 Å². The first kappa shape index (κ1) is 10.4. The Morgan fingerprint density at radius 2 is 2.41 bits per heavy atom. The number of hydrogen-bond acceptors (Lipinski definition) is 6. The highest BCUT2D eigenvalue weighted by Gasteiger charge is 2.25. The molecule has 2 N–H and O–H groups in total. The fourth-order valence-corrected chi connectivity index (χ4v) is 2.09. The molecule has 2 atom stereocenters. The van der Waals surface area contributed by atoms with Crippen LogP contribution < -0.4 is 5.32 Å². The smallest absolute Gasteiger partial charge is 0.244 e. The van der Waals surface area contributed by atoms with Crippen LogP contribution in [-0.4, -0.2) is 32.1 Å². The van der Waals surface area contributed by atoms with Gasteiger partial charge in [0.15, 0.2) is 5.69 Å². The van der Waals surface area contributed by atoms with Crippen LogP contribution in [0.3, 0.4) is 0 Å². The van der Waals surface area contributed by atoms with Crippen molar-refractivity contribution in [3.8, 4) is 11.5 Å². The molecule has 2 aromatic rings. The molecule has 0 radical (unpaired) electrons. The maximum absolute atomic E-state index is 5.27. The summed E-state index contributed by atoms with van der Waals surface area (Å²) in [6, 6.07) is 0.159. The Bertz CT molecular complexity index is 479. The van der Waals surface area contributed by atoms with Crippen LogP contribution in [-0.2, 0) is 0 Å². The van der Waals surface area contributed by atoms with E-state index in [0.29, 0.717) is 23.3 Å². The van der Waals surface area contributed by atoms with Gasteiger partial charge in [0.25, 0.3) is 0 Å². The molecule has 17 heavy (non-hydrogen) atoms. The van der Waals surface area contributed by atoms with Crippen molar-refractivity contribution in [1.82, 2.24) is 30.9 Å². The molecule has 1 aliphatic heterocycles. The van der Waals surface area contributed by atoms with Crippen molar-refractivity contribution < 1.29 is 4.52 Å². The van der Waals surface area contributed by atoms with E-state index in [1.807, 2.05) is 0 Å². The first-order chi connectivity index (χ1) is 8.33. The molecule has 90 valence electrons. The van der Waals surface area contributed by atoms with Crippen molar-refractivity contribution in [2.45, 2.75) is 25.8 Å². The second-order valence-corrected chi connectivity index (χ2v) is 4.45. The quantitative estimate of drug-likeness (QED) is 0.802. The number of aromatic amines is 1. The minimum Gasteiger partial charge on any atom is -0.337 e. The van der Waals surface area contributed by atoms with Gasteiger partial charge in [0, 0.05) is 0 Å². The van der Waals surface area contributed by atoms with E-state index in [0.717, 1.165) is 13.0 Å². The number of nitrogens with one attached hydrogen (secondary N) is 2. The summed E-state index contributed by atoms with van der Waals surface area (Å²) >= 11 is 0. The third kappa shape index (κ3) is 2.05. The molecule has 7 heteroatoms. The molecule has 0 aromatic carbocycles. The van der Waals surface area contributed by atoms with Gasteiger partial charge in [-0.3, -0.25) is 0 Å². The van der Waals surface area contributed by atoms with Crippen molar-refractivity contribution in [3.63, 3.8) is 0 Å². The molecule has 0 spiro atoms. The molecular formula is C10H14N6O.